The summed E-state index contributed by atoms with van der Waals surface area (Å²) in [6, 6.07) is 5.70. The lowest BCUT2D eigenvalue weighted by atomic mass is 10.2. The predicted molar refractivity (Wildman–Crippen MR) is 72.4 cm³/mol. The van der Waals surface area contributed by atoms with Crippen molar-refractivity contribution in [1.82, 2.24) is 0 Å². The Balaban J connectivity index is 2.35. The minimum absolute atomic E-state index is 0.0764. The van der Waals surface area contributed by atoms with Gasteiger partial charge in [0.05, 0.1) is 16.3 Å². The Hall–Kier alpha value is -1.85. The number of aromatic hydroxyl groups is 1. The summed E-state index contributed by atoms with van der Waals surface area (Å²) in [7, 11) is 0. The molecule has 3 nitrogen and oxygen atoms in total. The van der Waals surface area contributed by atoms with E-state index in [1.807, 2.05) is 0 Å². The van der Waals surface area contributed by atoms with Gasteiger partial charge >= 0.3 is 0 Å². The van der Waals surface area contributed by atoms with Crippen LogP contribution < -0.4 is 5.32 Å². The second-order valence-electron chi connectivity index (χ2n) is 3.84. The molecule has 0 heterocycles. The Labute approximate surface area is 122 Å². The molecule has 0 atom stereocenters. The summed E-state index contributed by atoms with van der Waals surface area (Å²) in [5, 5.41) is 12.0. The third-order valence-corrected chi connectivity index (χ3v) is 2.98. The Morgan fingerprint density at radius 1 is 1.20 bits per heavy atom. The van der Waals surface area contributed by atoms with E-state index in [4.69, 9.17) is 23.2 Å². The summed E-state index contributed by atoms with van der Waals surface area (Å²) in [5.41, 5.74) is -0.600. The predicted octanol–water partition coefficient (Wildman–Crippen LogP) is 4.23. The van der Waals surface area contributed by atoms with Crippen LogP contribution in [0.4, 0.5) is 14.5 Å². The van der Waals surface area contributed by atoms with Crippen molar-refractivity contribution in [2.24, 2.45) is 0 Å². The van der Waals surface area contributed by atoms with Crippen LogP contribution in [-0.4, -0.2) is 11.0 Å². The zero-order valence-electron chi connectivity index (χ0n) is 9.75. The van der Waals surface area contributed by atoms with Crippen molar-refractivity contribution >= 4 is 34.8 Å². The molecule has 20 heavy (non-hydrogen) atoms. The van der Waals surface area contributed by atoms with Gasteiger partial charge in [-0.2, -0.15) is 0 Å². The van der Waals surface area contributed by atoms with Gasteiger partial charge in [0, 0.05) is 5.02 Å². The fourth-order valence-corrected chi connectivity index (χ4v) is 2.02. The normalized spacial score (nSPS) is 10.4. The largest absolute Gasteiger partial charge is 0.504 e. The van der Waals surface area contributed by atoms with E-state index in [9.17, 15) is 18.7 Å². The van der Waals surface area contributed by atoms with E-state index in [1.165, 1.54) is 18.2 Å². The lowest BCUT2D eigenvalue weighted by Gasteiger charge is -2.09. The molecule has 0 aliphatic rings. The number of anilines is 1. The fraction of sp³-hybridized carbons (Fsp3) is 0. The molecule has 0 aliphatic carbocycles. The monoisotopic (exact) mass is 317 g/mol. The van der Waals surface area contributed by atoms with E-state index in [-0.39, 0.29) is 15.7 Å². The van der Waals surface area contributed by atoms with Gasteiger partial charge in [-0.05, 0) is 24.3 Å². The first-order valence-corrected chi connectivity index (χ1v) is 6.09. The second kappa shape index (κ2) is 5.64. The van der Waals surface area contributed by atoms with Crippen molar-refractivity contribution in [2.45, 2.75) is 0 Å². The molecule has 2 rings (SSSR count). The second-order valence-corrected chi connectivity index (χ2v) is 4.68. The maximum atomic E-state index is 13.5. The number of amides is 1. The highest BCUT2D eigenvalue weighted by Gasteiger charge is 2.17. The topological polar surface area (TPSA) is 49.3 Å². The minimum Gasteiger partial charge on any atom is -0.504 e. The van der Waals surface area contributed by atoms with E-state index in [0.29, 0.717) is 0 Å². The van der Waals surface area contributed by atoms with Gasteiger partial charge < -0.3 is 10.4 Å². The van der Waals surface area contributed by atoms with Crippen LogP contribution >= 0.6 is 23.2 Å². The SMILES string of the molecule is O=C(Nc1cc(Cl)cc(Cl)c1O)c1cccc(F)c1F. The van der Waals surface area contributed by atoms with Crippen molar-refractivity contribution < 1.29 is 18.7 Å². The third kappa shape index (κ3) is 2.84. The molecule has 0 bridgehead atoms. The maximum Gasteiger partial charge on any atom is 0.258 e. The van der Waals surface area contributed by atoms with Gasteiger partial charge in [0.15, 0.2) is 17.4 Å². The first kappa shape index (κ1) is 14.6. The summed E-state index contributed by atoms with van der Waals surface area (Å²) < 4.78 is 26.5. The number of phenols is 1. The summed E-state index contributed by atoms with van der Waals surface area (Å²) in [6.45, 7) is 0. The molecule has 0 aliphatic heterocycles. The van der Waals surface area contributed by atoms with Crippen molar-refractivity contribution in [2.75, 3.05) is 5.32 Å². The molecule has 7 heteroatoms. The molecule has 0 spiro atoms. The van der Waals surface area contributed by atoms with Gasteiger partial charge in [0.1, 0.15) is 0 Å². The first-order valence-electron chi connectivity index (χ1n) is 5.33. The van der Waals surface area contributed by atoms with Crippen LogP contribution in [0.15, 0.2) is 30.3 Å². The summed E-state index contributed by atoms with van der Waals surface area (Å²) in [4.78, 5) is 11.8. The third-order valence-electron chi connectivity index (χ3n) is 2.47. The number of carbonyl (C=O) groups is 1. The lowest BCUT2D eigenvalue weighted by molar-refractivity contribution is 0.102. The van der Waals surface area contributed by atoms with Crippen LogP contribution in [0.3, 0.4) is 0 Å². The van der Waals surface area contributed by atoms with Crippen LogP contribution in [0.1, 0.15) is 10.4 Å². The Morgan fingerprint density at radius 2 is 1.90 bits per heavy atom. The zero-order valence-corrected chi connectivity index (χ0v) is 11.3. The highest BCUT2D eigenvalue weighted by molar-refractivity contribution is 6.36. The molecular weight excluding hydrogens is 311 g/mol. The minimum atomic E-state index is -1.28. The standard InChI is InChI=1S/C13H7Cl2F2NO2/c14-6-4-8(15)12(19)10(5-6)18-13(20)7-2-1-3-9(16)11(7)17/h1-5,19H,(H,18,20). The van der Waals surface area contributed by atoms with E-state index in [0.717, 1.165) is 12.1 Å². The van der Waals surface area contributed by atoms with Crippen LogP contribution in [-0.2, 0) is 0 Å². The van der Waals surface area contributed by atoms with Crippen molar-refractivity contribution in [3.8, 4) is 5.75 Å². The molecule has 2 aromatic rings. The molecule has 0 aromatic heterocycles. The number of carbonyl (C=O) groups excluding carboxylic acids is 1. The molecule has 0 saturated heterocycles. The van der Waals surface area contributed by atoms with Crippen LogP contribution in [0.5, 0.6) is 5.75 Å². The number of benzene rings is 2. The summed E-state index contributed by atoms with van der Waals surface area (Å²) in [5.74, 6) is -3.78. The van der Waals surface area contributed by atoms with E-state index >= 15 is 0 Å². The highest BCUT2D eigenvalue weighted by atomic mass is 35.5. The first-order chi connectivity index (χ1) is 9.40. The smallest absolute Gasteiger partial charge is 0.258 e. The number of hydrogen-bond acceptors (Lipinski definition) is 2. The summed E-state index contributed by atoms with van der Waals surface area (Å²) >= 11 is 11.4. The average molecular weight is 318 g/mol. The maximum absolute atomic E-state index is 13.5. The Morgan fingerprint density at radius 3 is 2.60 bits per heavy atom. The zero-order chi connectivity index (χ0) is 14.9. The van der Waals surface area contributed by atoms with Crippen molar-refractivity contribution in [3.05, 3.63) is 57.6 Å². The van der Waals surface area contributed by atoms with Gasteiger partial charge in [-0.15, -0.1) is 0 Å². The quantitative estimate of drug-likeness (QED) is 0.814. The van der Waals surface area contributed by atoms with Crippen LogP contribution in [0.25, 0.3) is 0 Å². The van der Waals surface area contributed by atoms with Gasteiger partial charge in [0.25, 0.3) is 5.91 Å². The highest BCUT2D eigenvalue weighted by Crippen LogP contribution is 2.35. The van der Waals surface area contributed by atoms with Gasteiger partial charge in [-0.1, -0.05) is 29.3 Å². The van der Waals surface area contributed by atoms with Gasteiger partial charge in [-0.3, -0.25) is 4.79 Å². The molecule has 2 N–H and O–H groups in total. The van der Waals surface area contributed by atoms with Crippen LogP contribution in [0, 0.1) is 11.6 Å². The molecule has 0 unspecified atom stereocenters. The van der Waals surface area contributed by atoms with Crippen molar-refractivity contribution in [3.63, 3.8) is 0 Å². The number of halogens is 4. The van der Waals surface area contributed by atoms with E-state index in [2.05, 4.69) is 5.32 Å². The molecule has 0 fully saturated rings. The molecule has 0 radical (unpaired) electrons. The van der Waals surface area contributed by atoms with E-state index in [1.54, 1.807) is 0 Å². The fourth-order valence-electron chi connectivity index (χ4n) is 1.53. The molecule has 1 amide bonds. The number of nitrogens with one attached hydrogen (secondary N) is 1. The van der Waals surface area contributed by atoms with Gasteiger partial charge in [0.2, 0.25) is 0 Å². The number of hydrogen-bond donors (Lipinski definition) is 2. The van der Waals surface area contributed by atoms with Gasteiger partial charge in [-0.25, -0.2) is 8.78 Å². The lowest BCUT2D eigenvalue weighted by Crippen LogP contribution is -2.14. The number of rotatable bonds is 2. The van der Waals surface area contributed by atoms with Crippen molar-refractivity contribution in [1.29, 1.82) is 0 Å². The van der Waals surface area contributed by atoms with Crippen LogP contribution in [0.2, 0.25) is 10.0 Å². The number of phenolic OH excluding ortho intramolecular Hbond substituents is 1. The molecule has 104 valence electrons. The molecular formula is C13H7Cl2F2NO2. The Kier molecular flexibility index (Phi) is 4.11. The van der Waals surface area contributed by atoms with E-state index < -0.39 is 28.9 Å². The molecule has 2 aromatic carbocycles. The molecule has 0 saturated carbocycles. The summed E-state index contributed by atoms with van der Waals surface area (Å²) in [6.07, 6.45) is 0. The average Bonchev–Trinajstić information content (AvgIpc) is 2.38. The Bertz CT molecular complexity index is 692.